The largest absolute Gasteiger partial charge is 0.311 e. The van der Waals surface area contributed by atoms with Crippen molar-refractivity contribution in [2.75, 3.05) is 19.6 Å². The predicted molar refractivity (Wildman–Crippen MR) is 78.9 cm³/mol. The van der Waals surface area contributed by atoms with Gasteiger partial charge in [0.15, 0.2) is 0 Å². The molecule has 2 aliphatic rings. The van der Waals surface area contributed by atoms with E-state index in [0.29, 0.717) is 0 Å². The molecule has 2 rings (SSSR count). The summed E-state index contributed by atoms with van der Waals surface area (Å²) in [6.07, 6.45) is 11.3. The molecule has 2 nitrogen and oxygen atoms in total. The quantitative estimate of drug-likeness (QED) is 0.806. The second-order valence-electron chi connectivity index (χ2n) is 6.47. The molecule has 0 radical (unpaired) electrons. The Bertz CT molecular complexity index is 215. The summed E-state index contributed by atoms with van der Waals surface area (Å²) in [6, 6.07) is 1.53. The van der Waals surface area contributed by atoms with E-state index in [0.717, 1.165) is 18.0 Å². The number of rotatable bonds is 5. The molecule has 1 saturated heterocycles. The third kappa shape index (κ3) is 4.24. The van der Waals surface area contributed by atoms with Crippen molar-refractivity contribution in [3.8, 4) is 0 Å². The molecule has 0 spiro atoms. The standard InChI is InChI=1S/C16H32N2/c1-3-11-18-12-9-16(10-13-18)17-14(2)15-7-5-4-6-8-15/h14-17H,3-13H2,1-2H3/t14-/m0/s1. The van der Waals surface area contributed by atoms with Gasteiger partial charge in [0, 0.05) is 12.1 Å². The zero-order valence-corrected chi connectivity index (χ0v) is 12.5. The summed E-state index contributed by atoms with van der Waals surface area (Å²) < 4.78 is 0. The minimum atomic E-state index is 0.744. The lowest BCUT2D eigenvalue weighted by molar-refractivity contribution is 0.176. The first-order chi connectivity index (χ1) is 8.79. The fourth-order valence-electron chi connectivity index (χ4n) is 3.78. The molecule has 1 saturated carbocycles. The monoisotopic (exact) mass is 252 g/mol. The summed E-state index contributed by atoms with van der Waals surface area (Å²) in [4.78, 5) is 2.63. The number of nitrogens with one attached hydrogen (secondary N) is 1. The van der Waals surface area contributed by atoms with Crippen LogP contribution in [0.25, 0.3) is 0 Å². The smallest absolute Gasteiger partial charge is 0.00940 e. The molecule has 106 valence electrons. The number of hydrogen-bond acceptors (Lipinski definition) is 2. The lowest BCUT2D eigenvalue weighted by Gasteiger charge is -2.36. The summed E-state index contributed by atoms with van der Waals surface area (Å²) >= 11 is 0. The maximum atomic E-state index is 3.92. The van der Waals surface area contributed by atoms with Crippen LogP contribution in [0.5, 0.6) is 0 Å². The van der Waals surface area contributed by atoms with Gasteiger partial charge in [-0.1, -0.05) is 26.2 Å². The molecule has 1 heterocycles. The zero-order valence-electron chi connectivity index (χ0n) is 12.5. The van der Waals surface area contributed by atoms with Crippen molar-refractivity contribution in [1.29, 1.82) is 0 Å². The van der Waals surface area contributed by atoms with Crippen molar-refractivity contribution >= 4 is 0 Å². The molecule has 1 aliphatic carbocycles. The van der Waals surface area contributed by atoms with E-state index in [1.54, 1.807) is 0 Å². The second kappa shape index (κ2) is 7.49. The van der Waals surface area contributed by atoms with Gasteiger partial charge < -0.3 is 10.2 Å². The first kappa shape index (κ1) is 14.3. The lowest BCUT2D eigenvalue weighted by atomic mass is 9.84. The Morgan fingerprint density at radius 3 is 2.33 bits per heavy atom. The molecule has 1 N–H and O–H groups in total. The van der Waals surface area contributed by atoms with Crippen molar-refractivity contribution in [2.24, 2.45) is 5.92 Å². The van der Waals surface area contributed by atoms with Gasteiger partial charge in [-0.15, -0.1) is 0 Å². The molecular weight excluding hydrogens is 220 g/mol. The predicted octanol–water partition coefficient (Wildman–Crippen LogP) is 3.42. The van der Waals surface area contributed by atoms with Gasteiger partial charge >= 0.3 is 0 Å². The topological polar surface area (TPSA) is 15.3 Å². The summed E-state index contributed by atoms with van der Waals surface area (Å²) in [7, 11) is 0. The molecule has 0 aromatic heterocycles. The molecule has 0 amide bonds. The van der Waals surface area contributed by atoms with Crippen molar-refractivity contribution in [3.63, 3.8) is 0 Å². The van der Waals surface area contributed by atoms with Crippen LogP contribution in [0.4, 0.5) is 0 Å². The summed E-state index contributed by atoms with van der Waals surface area (Å²) in [5, 5.41) is 3.92. The van der Waals surface area contributed by atoms with E-state index in [2.05, 4.69) is 24.1 Å². The second-order valence-corrected chi connectivity index (χ2v) is 6.47. The molecule has 2 heteroatoms. The van der Waals surface area contributed by atoms with Crippen molar-refractivity contribution in [1.82, 2.24) is 10.2 Å². The molecule has 1 atom stereocenters. The van der Waals surface area contributed by atoms with Crippen molar-refractivity contribution in [3.05, 3.63) is 0 Å². The van der Waals surface area contributed by atoms with Crippen molar-refractivity contribution in [2.45, 2.75) is 77.3 Å². The fraction of sp³-hybridized carbons (Fsp3) is 1.00. The molecule has 0 aromatic rings. The van der Waals surface area contributed by atoms with Gasteiger partial charge in [-0.2, -0.15) is 0 Å². The Labute approximate surface area is 114 Å². The summed E-state index contributed by atoms with van der Waals surface area (Å²) in [5.74, 6) is 0.951. The Hall–Kier alpha value is -0.0800. The van der Waals surface area contributed by atoms with Gasteiger partial charge in [-0.3, -0.25) is 0 Å². The maximum Gasteiger partial charge on any atom is 0.00940 e. The average molecular weight is 252 g/mol. The zero-order chi connectivity index (χ0) is 12.8. The van der Waals surface area contributed by atoms with E-state index in [1.807, 2.05) is 0 Å². The number of likely N-dealkylation sites (tertiary alicyclic amines) is 1. The van der Waals surface area contributed by atoms with E-state index < -0.39 is 0 Å². The molecule has 0 bridgehead atoms. The van der Waals surface area contributed by atoms with Crippen LogP contribution in [-0.4, -0.2) is 36.6 Å². The Kier molecular flexibility index (Phi) is 5.97. The number of hydrogen-bond donors (Lipinski definition) is 1. The minimum absolute atomic E-state index is 0.744. The van der Waals surface area contributed by atoms with E-state index >= 15 is 0 Å². The van der Waals surface area contributed by atoms with E-state index in [1.165, 1.54) is 71.0 Å². The first-order valence-electron chi connectivity index (χ1n) is 8.28. The summed E-state index contributed by atoms with van der Waals surface area (Å²) in [6.45, 7) is 8.63. The van der Waals surface area contributed by atoms with Gasteiger partial charge in [0.2, 0.25) is 0 Å². The van der Waals surface area contributed by atoms with Gasteiger partial charge in [0.05, 0.1) is 0 Å². The molecule has 18 heavy (non-hydrogen) atoms. The SMILES string of the molecule is CCCN1CCC(N[C@@H](C)C2CCCCC2)CC1. The van der Waals surface area contributed by atoms with Crippen LogP contribution in [0.3, 0.4) is 0 Å². The average Bonchev–Trinajstić information content (AvgIpc) is 2.42. The fourth-order valence-corrected chi connectivity index (χ4v) is 3.78. The Balaban J connectivity index is 1.67. The highest BCUT2D eigenvalue weighted by Crippen LogP contribution is 2.27. The van der Waals surface area contributed by atoms with Crippen LogP contribution in [-0.2, 0) is 0 Å². The van der Waals surface area contributed by atoms with Crippen LogP contribution in [0, 0.1) is 5.92 Å². The van der Waals surface area contributed by atoms with E-state index in [-0.39, 0.29) is 0 Å². The highest BCUT2D eigenvalue weighted by molar-refractivity contribution is 4.83. The molecule has 0 aromatic carbocycles. The Morgan fingerprint density at radius 1 is 1.06 bits per heavy atom. The lowest BCUT2D eigenvalue weighted by Crippen LogP contribution is -2.47. The van der Waals surface area contributed by atoms with Gasteiger partial charge in [0.1, 0.15) is 0 Å². The van der Waals surface area contributed by atoms with Crippen LogP contribution in [0.15, 0.2) is 0 Å². The maximum absolute atomic E-state index is 3.92. The Morgan fingerprint density at radius 2 is 1.72 bits per heavy atom. The first-order valence-corrected chi connectivity index (χ1v) is 8.28. The normalized spacial score (nSPS) is 26.3. The highest BCUT2D eigenvalue weighted by atomic mass is 15.1. The van der Waals surface area contributed by atoms with Crippen molar-refractivity contribution < 1.29 is 0 Å². The highest BCUT2D eigenvalue weighted by Gasteiger charge is 2.24. The molecule has 0 unspecified atom stereocenters. The molecular formula is C16H32N2. The van der Waals surface area contributed by atoms with Gasteiger partial charge in [0.25, 0.3) is 0 Å². The van der Waals surface area contributed by atoms with E-state index in [4.69, 9.17) is 0 Å². The van der Waals surface area contributed by atoms with E-state index in [9.17, 15) is 0 Å². The third-order valence-electron chi connectivity index (χ3n) is 4.98. The van der Waals surface area contributed by atoms with Gasteiger partial charge in [-0.25, -0.2) is 0 Å². The van der Waals surface area contributed by atoms with Crippen LogP contribution in [0.2, 0.25) is 0 Å². The van der Waals surface area contributed by atoms with Crippen LogP contribution >= 0.6 is 0 Å². The van der Waals surface area contributed by atoms with Gasteiger partial charge in [-0.05, 0) is 64.6 Å². The number of nitrogens with zero attached hydrogens (tertiary/aromatic N) is 1. The summed E-state index contributed by atoms with van der Waals surface area (Å²) in [5.41, 5.74) is 0. The third-order valence-corrected chi connectivity index (χ3v) is 4.98. The molecule has 1 aliphatic heterocycles. The van der Waals surface area contributed by atoms with Crippen LogP contribution < -0.4 is 5.32 Å². The molecule has 2 fully saturated rings. The number of piperidine rings is 1. The minimum Gasteiger partial charge on any atom is -0.311 e. The van der Waals surface area contributed by atoms with Crippen LogP contribution in [0.1, 0.15) is 65.2 Å².